The molecule has 2 aromatic carbocycles. The second kappa shape index (κ2) is 17.0. The molecule has 0 fully saturated rings. The van der Waals surface area contributed by atoms with E-state index in [-0.39, 0.29) is 56.2 Å². The second-order valence-corrected chi connectivity index (χ2v) is 15.2. The van der Waals surface area contributed by atoms with E-state index in [4.69, 9.17) is 18.9 Å². The van der Waals surface area contributed by atoms with Gasteiger partial charge in [0.1, 0.15) is 29.0 Å². The number of carbonyl (C=O) groups excluding carboxylic acids is 3. The van der Waals surface area contributed by atoms with Crippen LogP contribution in [-0.4, -0.2) is 98.0 Å². The van der Waals surface area contributed by atoms with Gasteiger partial charge in [-0.1, -0.05) is 45.9 Å². The highest BCUT2D eigenvalue weighted by molar-refractivity contribution is 7.99. The fourth-order valence-corrected chi connectivity index (χ4v) is 7.81. The number of anilines is 1. The number of phenolic OH excluding ortho intramolecular Hbond substituents is 3. The predicted molar refractivity (Wildman–Crippen MR) is 202 cm³/mol. The molecule has 54 heavy (non-hydrogen) atoms. The van der Waals surface area contributed by atoms with Gasteiger partial charge in [-0.3, -0.25) is 14.4 Å². The summed E-state index contributed by atoms with van der Waals surface area (Å²) < 4.78 is 23.4. The molecule has 2 aromatic rings. The fraction of sp³-hybridized carbons (Fsp3) is 0.513. The summed E-state index contributed by atoms with van der Waals surface area (Å²) in [6.07, 6.45) is 3.47. The first-order chi connectivity index (χ1) is 25.3. The largest absolute Gasteiger partial charge is 0.507 e. The molecule has 7 N–H and O–H groups in total. The quantitative estimate of drug-likeness (QED) is 0.0936. The molecule has 0 aliphatic carbocycles. The molecule has 0 saturated heterocycles. The van der Waals surface area contributed by atoms with Crippen LogP contribution in [0.2, 0.25) is 0 Å². The summed E-state index contributed by atoms with van der Waals surface area (Å²) in [5.74, 6) is -8.38. The van der Waals surface area contributed by atoms with E-state index in [0.29, 0.717) is 0 Å². The lowest BCUT2D eigenvalue weighted by Crippen LogP contribution is -2.46. The molecule has 0 spiro atoms. The van der Waals surface area contributed by atoms with Crippen LogP contribution in [0.1, 0.15) is 64.4 Å². The number of phenols is 3. The lowest BCUT2D eigenvalue weighted by Gasteiger charge is -2.38. The van der Waals surface area contributed by atoms with Gasteiger partial charge in [-0.15, -0.1) is 11.8 Å². The number of aliphatic hydroxyl groups is 3. The lowest BCUT2D eigenvalue weighted by molar-refractivity contribution is -0.160. The van der Waals surface area contributed by atoms with Crippen LogP contribution in [0.15, 0.2) is 41.0 Å². The number of ketones is 1. The number of amides is 1. The van der Waals surface area contributed by atoms with Crippen LogP contribution in [0.4, 0.5) is 5.69 Å². The molecule has 9 atom stereocenters. The number of hydrogen-bond donors (Lipinski definition) is 7. The van der Waals surface area contributed by atoms with Crippen molar-refractivity contribution < 1.29 is 64.0 Å². The van der Waals surface area contributed by atoms with E-state index < -0.39 is 88.8 Å². The highest BCUT2D eigenvalue weighted by Gasteiger charge is 2.50. The second-order valence-electron chi connectivity index (χ2n) is 14.1. The summed E-state index contributed by atoms with van der Waals surface area (Å²) in [4.78, 5) is 39.9. The van der Waals surface area contributed by atoms with Crippen LogP contribution in [0.5, 0.6) is 23.0 Å². The first-order valence-electron chi connectivity index (χ1n) is 17.6. The topological polar surface area (TPSA) is 222 Å². The Bertz CT molecular complexity index is 1870. The Balaban J connectivity index is 1.95. The minimum absolute atomic E-state index is 0.0263. The zero-order valence-corrected chi connectivity index (χ0v) is 32.7. The summed E-state index contributed by atoms with van der Waals surface area (Å²) in [6.45, 7) is 12.1. The van der Waals surface area contributed by atoms with Crippen molar-refractivity contribution in [1.82, 2.24) is 0 Å². The van der Waals surface area contributed by atoms with Crippen LogP contribution in [0.25, 0.3) is 10.8 Å². The average Bonchev–Trinajstić information content (AvgIpc) is 3.39. The molecule has 5 rings (SSSR count). The van der Waals surface area contributed by atoms with Crippen molar-refractivity contribution in [3.05, 3.63) is 47.3 Å². The third kappa shape index (κ3) is 8.05. The van der Waals surface area contributed by atoms with Crippen LogP contribution < -0.4 is 10.1 Å². The molecular weight excluding hydrogens is 722 g/mol. The minimum atomic E-state index is -2.04. The van der Waals surface area contributed by atoms with Crippen molar-refractivity contribution in [3.63, 3.8) is 0 Å². The molecule has 5 bridgehead atoms. The Morgan fingerprint density at radius 3 is 2.24 bits per heavy atom. The molecule has 3 aliphatic heterocycles. The molecule has 3 aliphatic rings. The first-order valence-corrected chi connectivity index (χ1v) is 18.6. The van der Waals surface area contributed by atoms with Gasteiger partial charge in [0, 0.05) is 66.9 Å². The molecule has 3 heterocycles. The predicted octanol–water partition coefficient (Wildman–Crippen LogP) is 4.84. The number of benzene rings is 2. The Hall–Kier alpha value is -4.28. The molecule has 14 nitrogen and oxygen atoms in total. The fourth-order valence-electron chi connectivity index (χ4n) is 6.98. The molecule has 0 aromatic heterocycles. The standard InChI is InChI=1S/C39H51NO13S/c1-17-11-10-12-18(2)38(49)40-28-32(46)26-25(33(47)36(28)54-16-14-41)27-35(22(6)31(26)45)53-39(8,37(27)48)51-15-13-24(50-9)19(3)34(52-23(7)42)21(5)30(44)20(4)29(17)43/h10-13,15,17,19-21,24,29-30,34,41,43-47H,14,16H2,1-9H3,(H,40,49)/b11-10+,15-13+,18-12-. The van der Waals surface area contributed by atoms with E-state index in [9.17, 15) is 45.0 Å². The smallest absolute Gasteiger partial charge is 0.312 e. The molecular formula is C39H51NO13S. The normalized spacial score (nSPS) is 31.7. The van der Waals surface area contributed by atoms with E-state index in [1.807, 2.05) is 0 Å². The number of rotatable bonds is 5. The Morgan fingerprint density at radius 1 is 0.963 bits per heavy atom. The van der Waals surface area contributed by atoms with Crippen molar-refractivity contribution >= 4 is 45.9 Å². The molecule has 1 amide bonds. The van der Waals surface area contributed by atoms with Gasteiger partial charge in [-0.2, -0.15) is 0 Å². The van der Waals surface area contributed by atoms with Crippen molar-refractivity contribution in [2.75, 3.05) is 24.8 Å². The van der Waals surface area contributed by atoms with E-state index in [1.54, 1.807) is 39.8 Å². The van der Waals surface area contributed by atoms with E-state index >= 15 is 0 Å². The van der Waals surface area contributed by atoms with Crippen molar-refractivity contribution in [2.45, 2.75) is 90.5 Å². The van der Waals surface area contributed by atoms with Crippen LogP contribution >= 0.6 is 11.8 Å². The Kier molecular flexibility index (Phi) is 13.4. The summed E-state index contributed by atoms with van der Waals surface area (Å²) in [5.41, 5.74) is -0.248. The monoisotopic (exact) mass is 773 g/mol. The molecule has 0 saturated carbocycles. The van der Waals surface area contributed by atoms with Gasteiger partial charge < -0.3 is 54.9 Å². The Morgan fingerprint density at radius 2 is 1.63 bits per heavy atom. The van der Waals surface area contributed by atoms with Gasteiger partial charge in [-0.25, -0.2) is 0 Å². The molecule has 15 heteroatoms. The summed E-state index contributed by atoms with van der Waals surface area (Å²) in [6, 6.07) is 0. The Labute approximate surface area is 318 Å². The zero-order valence-electron chi connectivity index (χ0n) is 31.9. The number of fused-ring (bicyclic) bond motifs is 14. The number of methoxy groups -OCH3 is 1. The van der Waals surface area contributed by atoms with Crippen LogP contribution in [-0.2, 0) is 23.8 Å². The van der Waals surface area contributed by atoms with Gasteiger partial charge in [0.25, 0.3) is 11.7 Å². The van der Waals surface area contributed by atoms with Gasteiger partial charge in [-0.05, 0) is 19.9 Å². The summed E-state index contributed by atoms with van der Waals surface area (Å²) in [7, 11) is 1.42. The maximum Gasteiger partial charge on any atom is 0.312 e. The van der Waals surface area contributed by atoms with Crippen molar-refractivity contribution in [1.29, 1.82) is 0 Å². The number of ether oxygens (including phenoxy) is 4. The van der Waals surface area contributed by atoms with E-state index in [1.165, 1.54) is 53.2 Å². The number of allylic oxidation sites excluding steroid dienone is 2. The SMILES string of the molecule is COC1/C=C/OC2(C)Oc3c(C)c(O)c4c(O)c(c(SCCO)c(O)c4c3C2=O)NC(=O)/C(C)=C\C=C\C(C)C(O)C(C)C(O)C(C)C(OC(C)=O)C1C. The summed E-state index contributed by atoms with van der Waals surface area (Å²) >= 11 is 0.897. The number of esters is 1. The molecule has 9 unspecified atom stereocenters. The third-order valence-corrected chi connectivity index (χ3v) is 11.4. The van der Waals surface area contributed by atoms with Crippen molar-refractivity contribution in [3.8, 4) is 23.0 Å². The van der Waals surface area contributed by atoms with Crippen LogP contribution in [0, 0.1) is 30.6 Å². The highest BCUT2D eigenvalue weighted by Crippen LogP contribution is 2.57. The van der Waals surface area contributed by atoms with Gasteiger partial charge in [0.15, 0.2) is 5.75 Å². The number of aliphatic hydroxyl groups excluding tert-OH is 3. The molecule has 0 radical (unpaired) electrons. The number of Topliss-reactive ketones (excluding diaryl/α,β-unsaturated/α-hetero) is 1. The zero-order chi connectivity index (χ0) is 40.4. The lowest BCUT2D eigenvalue weighted by atomic mass is 9.78. The van der Waals surface area contributed by atoms with Gasteiger partial charge in [0.05, 0.1) is 47.0 Å². The molecule has 296 valence electrons. The maximum absolute atomic E-state index is 14.2. The number of nitrogens with one attached hydrogen (secondary N) is 1. The number of hydrogen-bond acceptors (Lipinski definition) is 14. The summed E-state index contributed by atoms with van der Waals surface area (Å²) in [5, 5.41) is 69.1. The maximum atomic E-state index is 14.2. The number of thioether (sulfide) groups is 1. The van der Waals surface area contributed by atoms with E-state index in [2.05, 4.69) is 5.32 Å². The average molecular weight is 774 g/mol. The third-order valence-electron chi connectivity index (χ3n) is 10.3. The first kappa shape index (κ1) is 42.5. The minimum Gasteiger partial charge on any atom is -0.507 e. The number of aromatic hydroxyl groups is 3. The van der Waals surface area contributed by atoms with Crippen LogP contribution in [0.3, 0.4) is 0 Å². The highest BCUT2D eigenvalue weighted by atomic mass is 32.2. The van der Waals surface area contributed by atoms with Gasteiger partial charge >= 0.3 is 11.8 Å². The van der Waals surface area contributed by atoms with Gasteiger partial charge in [0.2, 0.25) is 0 Å². The number of carbonyl (C=O) groups is 3. The van der Waals surface area contributed by atoms with Crippen molar-refractivity contribution in [2.24, 2.45) is 23.7 Å². The van der Waals surface area contributed by atoms with E-state index in [0.717, 1.165) is 11.8 Å².